The molecule has 3 N–H and O–H groups in total. The molecule has 5 saturated carbocycles. The van der Waals surface area contributed by atoms with Crippen molar-refractivity contribution in [1.82, 2.24) is 4.90 Å². The minimum Gasteiger partial charge on any atom is -0.390 e. The van der Waals surface area contributed by atoms with Crippen LogP contribution in [0.4, 0.5) is 0 Å². The second kappa shape index (κ2) is 5.44. The van der Waals surface area contributed by atoms with E-state index in [1.54, 1.807) is 4.90 Å². The van der Waals surface area contributed by atoms with Crippen LogP contribution in [0.3, 0.4) is 0 Å². The number of carbonyl (C=O) groups is 1. The van der Waals surface area contributed by atoms with Crippen LogP contribution in [-0.2, 0) is 4.79 Å². The van der Waals surface area contributed by atoms with E-state index in [-0.39, 0.29) is 23.9 Å². The minimum absolute atomic E-state index is 0.0527. The Morgan fingerprint density at radius 1 is 1.33 bits per heavy atom. The zero-order chi connectivity index (χ0) is 17.1. The second-order valence-electron chi connectivity index (χ2n) is 9.12. The van der Waals surface area contributed by atoms with E-state index in [1.807, 2.05) is 0 Å². The highest BCUT2D eigenvalue weighted by Gasteiger charge is 2.61. The maximum absolute atomic E-state index is 13.2. The lowest BCUT2D eigenvalue weighted by molar-refractivity contribution is -0.177. The molecule has 5 aliphatic rings. The maximum Gasteiger partial charge on any atom is 0.241 e. The van der Waals surface area contributed by atoms with Gasteiger partial charge < -0.3 is 15.7 Å². The first-order chi connectivity index (χ1) is 11.4. The maximum atomic E-state index is 13.2. The van der Waals surface area contributed by atoms with Crippen molar-refractivity contribution in [2.45, 2.75) is 76.0 Å². The lowest BCUT2D eigenvalue weighted by atomic mass is 9.46. The third-order valence-corrected chi connectivity index (χ3v) is 7.34. The number of nitrogens with zero attached hydrogens (tertiary/aromatic N) is 2. The van der Waals surface area contributed by atoms with Gasteiger partial charge in [0.2, 0.25) is 5.91 Å². The zero-order valence-electron chi connectivity index (χ0n) is 14.6. The third-order valence-electron chi connectivity index (χ3n) is 7.34. The summed E-state index contributed by atoms with van der Waals surface area (Å²) in [5.74, 6) is 1.51. The summed E-state index contributed by atoms with van der Waals surface area (Å²) in [4.78, 5) is 14.9. The Morgan fingerprint density at radius 2 is 2.00 bits per heavy atom. The molecule has 5 atom stereocenters. The summed E-state index contributed by atoms with van der Waals surface area (Å²) in [5.41, 5.74) is 5.69. The monoisotopic (exact) mass is 331 g/mol. The molecule has 0 aromatic heterocycles. The van der Waals surface area contributed by atoms with E-state index in [1.165, 1.54) is 6.42 Å². The zero-order valence-corrected chi connectivity index (χ0v) is 14.6. The molecule has 3 unspecified atom stereocenters. The summed E-state index contributed by atoms with van der Waals surface area (Å²) in [6.45, 7) is 2.27. The highest BCUT2D eigenvalue weighted by atomic mass is 16.3. The molecule has 0 saturated heterocycles. The first-order valence-corrected chi connectivity index (χ1v) is 9.55. The van der Waals surface area contributed by atoms with Crippen molar-refractivity contribution in [3.63, 3.8) is 0 Å². The van der Waals surface area contributed by atoms with Gasteiger partial charge in [0, 0.05) is 6.04 Å². The molecule has 5 nitrogen and oxygen atoms in total. The molecule has 1 amide bonds. The molecular weight excluding hydrogens is 302 g/mol. The molecule has 0 radical (unpaired) electrons. The van der Waals surface area contributed by atoms with Gasteiger partial charge in [0.15, 0.2) is 0 Å². The van der Waals surface area contributed by atoms with Crippen LogP contribution in [0.1, 0.15) is 58.3 Å². The van der Waals surface area contributed by atoms with Gasteiger partial charge in [0.05, 0.1) is 17.7 Å². The normalized spacial score (nSPS) is 46.4. The Hall–Kier alpha value is -1.12. The van der Waals surface area contributed by atoms with Crippen molar-refractivity contribution in [3.05, 3.63) is 0 Å². The van der Waals surface area contributed by atoms with Crippen molar-refractivity contribution in [2.75, 3.05) is 6.54 Å². The SMILES string of the molecule is CC[C@@H]1C[C@@H]1N(CC#N)C(=O)C(N)C12CC3CC(CC(O)(C3)C1)C2. The van der Waals surface area contributed by atoms with Crippen LogP contribution >= 0.6 is 0 Å². The number of nitrogens with two attached hydrogens (primary N) is 1. The summed E-state index contributed by atoms with van der Waals surface area (Å²) in [6.07, 6.45) is 7.61. The van der Waals surface area contributed by atoms with Gasteiger partial charge in [-0.15, -0.1) is 0 Å². The van der Waals surface area contributed by atoms with Crippen molar-refractivity contribution in [1.29, 1.82) is 5.26 Å². The molecule has 0 aromatic rings. The standard InChI is InChI=1S/C19H29N3O2/c1-2-14-6-15(14)22(4-3-20)17(23)16(21)18-7-12-5-13(8-18)10-19(24,9-12)11-18/h12-16,24H,2,4-11,21H2,1H3/t12?,13?,14-,15+,16?,18?,19?/m1/s1. The van der Waals surface area contributed by atoms with E-state index in [2.05, 4.69) is 13.0 Å². The molecule has 5 heteroatoms. The summed E-state index contributed by atoms with van der Waals surface area (Å²) in [5, 5.41) is 20.1. The first-order valence-electron chi connectivity index (χ1n) is 9.55. The van der Waals surface area contributed by atoms with E-state index in [9.17, 15) is 9.90 Å². The number of amides is 1. The number of hydrogen-bond donors (Lipinski definition) is 2. The fourth-order valence-corrected chi connectivity index (χ4v) is 6.58. The first kappa shape index (κ1) is 16.4. The quantitative estimate of drug-likeness (QED) is 0.752. The molecule has 0 heterocycles. The number of nitriles is 1. The van der Waals surface area contributed by atoms with E-state index < -0.39 is 11.6 Å². The smallest absolute Gasteiger partial charge is 0.241 e. The molecule has 132 valence electrons. The highest BCUT2D eigenvalue weighted by molar-refractivity contribution is 5.83. The summed E-state index contributed by atoms with van der Waals surface area (Å²) >= 11 is 0. The van der Waals surface area contributed by atoms with Crippen molar-refractivity contribution in [3.8, 4) is 6.07 Å². The molecule has 5 rings (SSSR count). The van der Waals surface area contributed by atoms with Crippen LogP contribution in [0.2, 0.25) is 0 Å². The molecule has 0 aliphatic heterocycles. The van der Waals surface area contributed by atoms with Crippen LogP contribution in [0, 0.1) is 34.5 Å². The van der Waals surface area contributed by atoms with Gasteiger partial charge >= 0.3 is 0 Å². The minimum atomic E-state index is -0.604. The summed E-state index contributed by atoms with van der Waals surface area (Å²) < 4.78 is 0. The van der Waals surface area contributed by atoms with Gasteiger partial charge in [-0.25, -0.2) is 0 Å². The number of hydrogen-bond acceptors (Lipinski definition) is 4. The predicted molar refractivity (Wildman–Crippen MR) is 89.6 cm³/mol. The highest BCUT2D eigenvalue weighted by Crippen LogP contribution is 2.62. The van der Waals surface area contributed by atoms with Gasteiger partial charge in [-0.05, 0) is 68.1 Å². The van der Waals surface area contributed by atoms with Crippen LogP contribution < -0.4 is 5.73 Å². The number of carbonyl (C=O) groups excluding carboxylic acids is 1. The van der Waals surface area contributed by atoms with Crippen molar-refractivity contribution < 1.29 is 9.90 Å². The van der Waals surface area contributed by atoms with Gasteiger partial charge in [0.1, 0.15) is 6.54 Å². The number of aliphatic hydroxyl groups is 1. The molecule has 5 aliphatic carbocycles. The topological polar surface area (TPSA) is 90.4 Å². The van der Waals surface area contributed by atoms with Gasteiger partial charge in [-0.2, -0.15) is 5.26 Å². The second-order valence-corrected chi connectivity index (χ2v) is 9.12. The Bertz CT molecular complexity index is 570. The largest absolute Gasteiger partial charge is 0.390 e. The summed E-state index contributed by atoms with van der Waals surface area (Å²) in [7, 11) is 0. The Balaban J connectivity index is 1.55. The van der Waals surface area contributed by atoms with Crippen LogP contribution in [0.5, 0.6) is 0 Å². The average Bonchev–Trinajstić information content (AvgIpc) is 3.28. The Morgan fingerprint density at radius 3 is 2.50 bits per heavy atom. The third kappa shape index (κ3) is 2.46. The summed E-state index contributed by atoms with van der Waals surface area (Å²) in [6, 6.07) is 1.78. The van der Waals surface area contributed by atoms with E-state index in [0.717, 1.165) is 38.5 Å². The van der Waals surface area contributed by atoms with Crippen LogP contribution in [0.25, 0.3) is 0 Å². The van der Waals surface area contributed by atoms with Gasteiger partial charge in [-0.1, -0.05) is 13.3 Å². The molecule has 4 bridgehead atoms. The Kier molecular flexibility index (Phi) is 3.71. The van der Waals surface area contributed by atoms with Gasteiger partial charge in [0.25, 0.3) is 0 Å². The molecule has 24 heavy (non-hydrogen) atoms. The fourth-order valence-electron chi connectivity index (χ4n) is 6.58. The predicted octanol–water partition coefficient (Wildman–Crippen LogP) is 1.80. The van der Waals surface area contributed by atoms with Crippen LogP contribution in [0.15, 0.2) is 0 Å². The molecule has 0 spiro atoms. The van der Waals surface area contributed by atoms with Crippen molar-refractivity contribution in [2.24, 2.45) is 28.9 Å². The molecular formula is C19H29N3O2. The Labute approximate surface area is 144 Å². The lowest BCUT2D eigenvalue weighted by Gasteiger charge is -2.61. The molecule has 5 fully saturated rings. The fraction of sp³-hybridized carbons (Fsp3) is 0.895. The number of rotatable bonds is 5. The molecule has 0 aromatic carbocycles. The van der Waals surface area contributed by atoms with E-state index in [4.69, 9.17) is 11.0 Å². The van der Waals surface area contributed by atoms with Crippen molar-refractivity contribution >= 4 is 5.91 Å². The van der Waals surface area contributed by atoms with E-state index >= 15 is 0 Å². The van der Waals surface area contributed by atoms with Gasteiger partial charge in [-0.3, -0.25) is 4.79 Å². The average molecular weight is 331 g/mol. The van der Waals surface area contributed by atoms with Crippen LogP contribution in [-0.4, -0.2) is 40.1 Å². The van der Waals surface area contributed by atoms with E-state index in [0.29, 0.717) is 24.2 Å². The lowest BCUT2D eigenvalue weighted by Crippen LogP contribution is -2.64.